The zero-order valence-corrected chi connectivity index (χ0v) is 19.6. The van der Waals surface area contributed by atoms with E-state index in [1.54, 1.807) is 31.6 Å². The molecule has 2 aromatic carbocycles. The number of hydrogen-bond donors (Lipinski definition) is 5. The quantitative estimate of drug-likeness (QED) is 0.129. The van der Waals surface area contributed by atoms with Gasteiger partial charge in [0.15, 0.2) is 0 Å². The van der Waals surface area contributed by atoms with E-state index in [0.717, 1.165) is 40.7 Å². The molecule has 0 saturated carbocycles. The van der Waals surface area contributed by atoms with Gasteiger partial charge < -0.3 is 26.1 Å². The summed E-state index contributed by atoms with van der Waals surface area (Å²) in [6, 6.07) is 15.2. The van der Waals surface area contributed by atoms with Gasteiger partial charge in [-0.1, -0.05) is 18.2 Å². The third-order valence-electron chi connectivity index (χ3n) is 5.64. The molecule has 180 valence electrons. The van der Waals surface area contributed by atoms with E-state index < -0.39 is 0 Å². The minimum Gasteiger partial charge on any atom is -0.385 e. The number of carbonyl (C=O) groups excluding carboxylic acids is 1. The van der Waals surface area contributed by atoms with Gasteiger partial charge in [0.2, 0.25) is 5.95 Å². The fourth-order valence-electron chi connectivity index (χ4n) is 3.78. The number of methoxy groups -OCH3 is 1. The number of fused-ring (bicyclic) bond motifs is 1. The SMILES string of the molecule is COCCCNc1nccc(-c2ccc(C(=O)NCCc3ccc4[nH]cc(C(=N)N)c4c3)cc2)n1. The average molecular weight is 472 g/mol. The Hall–Kier alpha value is -4.24. The number of anilines is 1. The number of nitrogens with two attached hydrogens (primary N) is 1. The maximum Gasteiger partial charge on any atom is 0.251 e. The summed E-state index contributed by atoms with van der Waals surface area (Å²) >= 11 is 0. The summed E-state index contributed by atoms with van der Waals surface area (Å²) in [6.07, 6.45) is 4.99. The molecule has 9 heteroatoms. The van der Waals surface area contributed by atoms with Crippen LogP contribution in [0.15, 0.2) is 60.9 Å². The lowest BCUT2D eigenvalue weighted by atomic mass is 10.1. The average Bonchev–Trinajstić information content (AvgIpc) is 3.31. The number of nitrogens with zero attached hydrogens (tertiary/aromatic N) is 2. The number of hydrogen-bond acceptors (Lipinski definition) is 6. The summed E-state index contributed by atoms with van der Waals surface area (Å²) in [6.45, 7) is 1.91. The van der Waals surface area contributed by atoms with Crippen molar-refractivity contribution < 1.29 is 9.53 Å². The molecule has 6 N–H and O–H groups in total. The van der Waals surface area contributed by atoms with Crippen molar-refractivity contribution in [3.63, 3.8) is 0 Å². The van der Waals surface area contributed by atoms with E-state index in [1.165, 1.54) is 0 Å². The normalized spacial score (nSPS) is 10.9. The molecule has 1 amide bonds. The minimum absolute atomic E-state index is 0.0293. The van der Waals surface area contributed by atoms with Gasteiger partial charge in [-0.15, -0.1) is 0 Å². The van der Waals surface area contributed by atoms with Gasteiger partial charge in [0, 0.05) is 66.8 Å². The van der Waals surface area contributed by atoms with Gasteiger partial charge in [-0.25, -0.2) is 9.97 Å². The fourth-order valence-corrected chi connectivity index (χ4v) is 3.78. The van der Waals surface area contributed by atoms with Crippen molar-refractivity contribution in [2.45, 2.75) is 12.8 Å². The van der Waals surface area contributed by atoms with Crippen LogP contribution >= 0.6 is 0 Å². The first-order chi connectivity index (χ1) is 17.0. The van der Waals surface area contributed by atoms with Crippen molar-refractivity contribution in [1.29, 1.82) is 5.41 Å². The number of benzene rings is 2. The minimum atomic E-state index is -0.133. The predicted molar refractivity (Wildman–Crippen MR) is 138 cm³/mol. The number of nitrogen functional groups attached to an aromatic ring is 1. The van der Waals surface area contributed by atoms with Crippen LogP contribution in [0.3, 0.4) is 0 Å². The molecule has 4 aromatic rings. The van der Waals surface area contributed by atoms with E-state index in [1.807, 2.05) is 36.4 Å². The lowest BCUT2D eigenvalue weighted by molar-refractivity contribution is 0.0954. The topological polar surface area (TPSA) is 142 Å². The molecule has 0 aliphatic heterocycles. The lowest BCUT2D eigenvalue weighted by Gasteiger charge is -2.08. The fraction of sp³-hybridized carbons (Fsp3) is 0.231. The van der Waals surface area contributed by atoms with Crippen LogP contribution in [-0.4, -0.2) is 53.5 Å². The molecule has 0 aliphatic carbocycles. The number of aromatic amines is 1. The van der Waals surface area contributed by atoms with Crippen LogP contribution in [0, 0.1) is 5.41 Å². The van der Waals surface area contributed by atoms with Crippen LogP contribution in [0.1, 0.15) is 27.9 Å². The second kappa shape index (κ2) is 11.3. The molecule has 35 heavy (non-hydrogen) atoms. The zero-order valence-electron chi connectivity index (χ0n) is 19.6. The first kappa shape index (κ1) is 23.9. The number of amidine groups is 1. The Morgan fingerprint density at radius 3 is 2.74 bits per heavy atom. The van der Waals surface area contributed by atoms with E-state index >= 15 is 0 Å². The molecule has 0 unspecified atom stereocenters. The van der Waals surface area contributed by atoms with Crippen LogP contribution in [0.5, 0.6) is 0 Å². The molecular formula is C26H29N7O2. The molecule has 2 aromatic heterocycles. The Labute approximate surface area is 203 Å². The largest absolute Gasteiger partial charge is 0.385 e. The maximum atomic E-state index is 12.6. The molecular weight excluding hydrogens is 442 g/mol. The molecule has 0 fully saturated rings. The Balaban J connectivity index is 1.33. The molecule has 9 nitrogen and oxygen atoms in total. The predicted octanol–water partition coefficient (Wildman–Crippen LogP) is 3.33. The van der Waals surface area contributed by atoms with Gasteiger partial charge in [0.05, 0.1) is 5.69 Å². The molecule has 2 heterocycles. The van der Waals surface area contributed by atoms with Crippen molar-refractivity contribution in [2.75, 3.05) is 32.1 Å². The van der Waals surface area contributed by atoms with Crippen molar-refractivity contribution >= 4 is 28.6 Å². The summed E-state index contributed by atoms with van der Waals surface area (Å²) in [7, 11) is 1.68. The van der Waals surface area contributed by atoms with Gasteiger partial charge in [0.1, 0.15) is 5.84 Å². The second-order valence-electron chi connectivity index (χ2n) is 8.12. The van der Waals surface area contributed by atoms with Gasteiger partial charge >= 0.3 is 0 Å². The van der Waals surface area contributed by atoms with Gasteiger partial charge in [-0.05, 0) is 48.7 Å². The summed E-state index contributed by atoms with van der Waals surface area (Å²) in [5.41, 5.74) is 10.6. The second-order valence-corrected chi connectivity index (χ2v) is 8.12. The van der Waals surface area contributed by atoms with Crippen LogP contribution < -0.4 is 16.4 Å². The Kier molecular flexibility index (Phi) is 7.69. The lowest BCUT2D eigenvalue weighted by Crippen LogP contribution is -2.25. The highest BCUT2D eigenvalue weighted by atomic mass is 16.5. The Morgan fingerprint density at radius 1 is 1.14 bits per heavy atom. The van der Waals surface area contributed by atoms with E-state index in [4.69, 9.17) is 15.9 Å². The number of H-pyrrole nitrogens is 1. The van der Waals surface area contributed by atoms with E-state index in [2.05, 4.69) is 25.6 Å². The highest BCUT2D eigenvalue weighted by molar-refractivity contribution is 6.07. The van der Waals surface area contributed by atoms with Gasteiger partial charge in [-0.3, -0.25) is 10.2 Å². The molecule has 0 spiro atoms. The monoisotopic (exact) mass is 471 g/mol. The first-order valence-electron chi connectivity index (χ1n) is 11.4. The summed E-state index contributed by atoms with van der Waals surface area (Å²) < 4.78 is 5.05. The Morgan fingerprint density at radius 2 is 1.97 bits per heavy atom. The molecule has 0 radical (unpaired) electrons. The highest BCUT2D eigenvalue weighted by Crippen LogP contribution is 2.20. The van der Waals surface area contributed by atoms with Crippen molar-refractivity contribution in [2.24, 2.45) is 5.73 Å². The number of carbonyl (C=O) groups is 1. The number of ether oxygens (including phenoxy) is 1. The summed E-state index contributed by atoms with van der Waals surface area (Å²) in [5, 5.41) is 14.8. The standard InChI is InChI=1S/C26H29N7O2/c1-35-14-2-11-30-26-31-13-10-22(33-26)18-4-6-19(7-5-18)25(34)29-12-9-17-3-8-23-20(15-17)21(16-32-23)24(27)28/h3-8,10,13,15-16,32H,2,9,11-12,14H2,1H3,(H3,27,28)(H,29,34)(H,30,31,33). The first-order valence-corrected chi connectivity index (χ1v) is 11.4. The smallest absolute Gasteiger partial charge is 0.251 e. The van der Waals surface area contributed by atoms with Crippen molar-refractivity contribution in [3.8, 4) is 11.3 Å². The Bertz CT molecular complexity index is 1320. The number of aromatic nitrogens is 3. The molecule has 4 rings (SSSR count). The zero-order chi connectivity index (χ0) is 24.6. The highest BCUT2D eigenvalue weighted by Gasteiger charge is 2.09. The summed E-state index contributed by atoms with van der Waals surface area (Å²) in [4.78, 5) is 24.5. The molecule has 0 saturated heterocycles. The van der Waals surface area contributed by atoms with E-state index in [9.17, 15) is 4.79 Å². The van der Waals surface area contributed by atoms with Crippen molar-refractivity contribution in [3.05, 3.63) is 77.6 Å². The number of nitrogens with one attached hydrogen (secondary N) is 4. The molecule has 0 atom stereocenters. The third kappa shape index (κ3) is 6.01. The van der Waals surface area contributed by atoms with Gasteiger partial charge in [0.25, 0.3) is 5.91 Å². The number of amides is 1. The maximum absolute atomic E-state index is 12.6. The van der Waals surface area contributed by atoms with E-state index in [0.29, 0.717) is 36.6 Å². The van der Waals surface area contributed by atoms with Crippen LogP contribution in [0.25, 0.3) is 22.2 Å². The summed E-state index contributed by atoms with van der Waals surface area (Å²) in [5.74, 6) is 0.460. The van der Waals surface area contributed by atoms with Crippen LogP contribution in [0.4, 0.5) is 5.95 Å². The van der Waals surface area contributed by atoms with Crippen LogP contribution in [-0.2, 0) is 11.2 Å². The van der Waals surface area contributed by atoms with Gasteiger partial charge in [-0.2, -0.15) is 0 Å². The van der Waals surface area contributed by atoms with E-state index in [-0.39, 0.29) is 11.7 Å². The molecule has 0 bridgehead atoms. The third-order valence-corrected chi connectivity index (χ3v) is 5.64. The van der Waals surface area contributed by atoms with Crippen molar-refractivity contribution in [1.82, 2.24) is 20.3 Å². The van der Waals surface area contributed by atoms with Crippen LogP contribution in [0.2, 0.25) is 0 Å². The molecule has 0 aliphatic rings. The number of rotatable bonds is 11.